The zero-order chi connectivity index (χ0) is 26.1. The Morgan fingerprint density at radius 2 is 1.14 bits per heavy atom. The first-order valence-electron chi connectivity index (χ1n) is 12.2. The predicted octanol–water partition coefficient (Wildman–Crippen LogP) is -1.06. The molecule has 0 fully saturated rings. The third-order valence-corrected chi connectivity index (χ3v) is 4.57. The molecule has 1 aliphatic rings. The quantitative estimate of drug-likeness (QED) is 0.120. The Bertz CT molecular complexity index is 604. The lowest BCUT2D eigenvalue weighted by Crippen LogP contribution is -2.35. The highest BCUT2D eigenvalue weighted by atomic mass is 16.6. The van der Waals surface area contributed by atoms with Gasteiger partial charge in [-0.1, -0.05) is 0 Å². The van der Waals surface area contributed by atoms with E-state index < -0.39 is 0 Å². The van der Waals surface area contributed by atoms with Crippen LogP contribution in [0, 0.1) is 5.41 Å². The molecule has 0 aromatic carbocycles. The van der Waals surface area contributed by atoms with E-state index in [1.165, 1.54) is 17.1 Å². The number of amides is 2. The third kappa shape index (κ3) is 18.3. The molecule has 0 spiro atoms. The van der Waals surface area contributed by atoms with E-state index in [9.17, 15) is 9.59 Å². The molecule has 2 amide bonds. The Morgan fingerprint density at radius 3 is 1.53 bits per heavy atom. The van der Waals surface area contributed by atoms with Crippen molar-refractivity contribution in [1.82, 2.24) is 10.2 Å². The summed E-state index contributed by atoms with van der Waals surface area (Å²) in [6, 6.07) is 0. The fourth-order valence-electron chi connectivity index (χ4n) is 2.75. The molecule has 0 saturated heterocycles. The van der Waals surface area contributed by atoms with Crippen molar-refractivity contribution in [3.63, 3.8) is 0 Å². The van der Waals surface area contributed by atoms with Gasteiger partial charge in [-0.3, -0.25) is 19.9 Å². The second-order valence-electron chi connectivity index (χ2n) is 7.38. The molecule has 0 aromatic heterocycles. The summed E-state index contributed by atoms with van der Waals surface area (Å²) in [5.41, 5.74) is 5.31. The maximum Gasteiger partial charge on any atom is 0.252 e. The van der Waals surface area contributed by atoms with Crippen LogP contribution in [0.15, 0.2) is 12.2 Å². The summed E-state index contributed by atoms with van der Waals surface area (Å²) in [6.45, 7) is 7.84. The SMILES string of the molecule is N=C1C=CC(=O)N1CCC(=O)NCCOCCOCCOCCOCCOCCOCCOCCN. The number of ether oxygens (including phenoxy) is 7. The van der Waals surface area contributed by atoms with Gasteiger partial charge in [0.1, 0.15) is 5.84 Å². The van der Waals surface area contributed by atoms with Crippen LogP contribution < -0.4 is 11.1 Å². The highest BCUT2D eigenvalue weighted by Gasteiger charge is 2.20. The van der Waals surface area contributed by atoms with Crippen LogP contribution in [0.25, 0.3) is 0 Å². The van der Waals surface area contributed by atoms with Crippen LogP contribution >= 0.6 is 0 Å². The molecule has 0 bridgehead atoms. The van der Waals surface area contributed by atoms with E-state index >= 15 is 0 Å². The average Bonchev–Trinajstić information content (AvgIpc) is 3.20. The fourth-order valence-corrected chi connectivity index (χ4v) is 2.75. The molecule has 1 rings (SSSR count). The third-order valence-electron chi connectivity index (χ3n) is 4.57. The summed E-state index contributed by atoms with van der Waals surface area (Å²) >= 11 is 0. The summed E-state index contributed by atoms with van der Waals surface area (Å²) in [5.74, 6) is -0.354. The minimum atomic E-state index is -0.268. The van der Waals surface area contributed by atoms with Gasteiger partial charge >= 0.3 is 0 Å². The Morgan fingerprint density at radius 1 is 0.722 bits per heavy atom. The van der Waals surface area contributed by atoms with Crippen LogP contribution in [0.5, 0.6) is 0 Å². The Labute approximate surface area is 213 Å². The molecule has 0 aliphatic carbocycles. The van der Waals surface area contributed by atoms with E-state index in [2.05, 4.69) is 5.32 Å². The molecule has 0 radical (unpaired) electrons. The first kappa shape index (κ1) is 32.1. The highest BCUT2D eigenvalue weighted by molar-refractivity contribution is 6.14. The minimum absolute atomic E-state index is 0.107. The summed E-state index contributed by atoms with van der Waals surface area (Å²) in [4.78, 5) is 24.5. The zero-order valence-corrected chi connectivity index (χ0v) is 21.1. The van der Waals surface area contributed by atoms with E-state index in [1.807, 2.05) is 0 Å². The molecule has 208 valence electrons. The van der Waals surface area contributed by atoms with Crippen molar-refractivity contribution >= 4 is 17.6 Å². The van der Waals surface area contributed by atoms with Gasteiger partial charge in [0.15, 0.2) is 0 Å². The van der Waals surface area contributed by atoms with Crippen molar-refractivity contribution in [3.8, 4) is 0 Å². The second kappa shape index (κ2) is 23.4. The number of nitrogens with zero attached hydrogens (tertiary/aromatic N) is 1. The van der Waals surface area contributed by atoms with Gasteiger partial charge in [-0.15, -0.1) is 0 Å². The molecule has 13 nitrogen and oxygen atoms in total. The normalized spacial score (nSPS) is 13.2. The first-order valence-corrected chi connectivity index (χ1v) is 12.2. The van der Waals surface area contributed by atoms with Crippen molar-refractivity contribution in [3.05, 3.63) is 12.2 Å². The van der Waals surface area contributed by atoms with E-state index in [4.69, 9.17) is 44.3 Å². The number of rotatable bonds is 26. The van der Waals surface area contributed by atoms with Gasteiger partial charge in [0.25, 0.3) is 5.91 Å². The van der Waals surface area contributed by atoms with Crippen LogP contribution in [0.3, 0.4) is 0 Å². The number of carbonyl (C=O) groups excluding carboxylic acids is 2. The maximum absolute atomic E-state index is 11.8. The standard InChI is InChI=1S/C23H42N4O9/c24-4-7-30-9-11-32-13-15-34-17-19-36-20-18-35-16-14-33-12-10-31-8-5-26-22(28)3-6-27-21(25)1-2-23(27)29/h1-2,25H,3-20,24H2,(H,26,28). The zero-order valence-electron chi connectivity index (χ0n) is 21.1. The fraction of sp³-hybridized carbons (Fsp3) is 0.783. The van der Waals surface area contributed by atoms with Gasteiger partial charge in [0.2, 0.25) is 5.91 Å². The summed E-state index contributed by atoms with van der Waals surface area (Å²) < 4.78 is 37.5. The topological polar surface area (TPSA) is 164 Å². The second-order valence-corrected chi connectivity index (χ2v) is 7.38. The number of carbonyl (C=O) groups is 2. The number of amidine groups is 1. The van der Waals surface area contributed by atoms with Crippen molar-refractivity contribution < 1.29 is 42.7 Å². The van der Waals surface area contributed by atoms with Crippen molar-refractivity contribution in [1.29, 1.82) is 5.41 Å². The smallest absolute Gasteiger partial charge is 0.252 e. The van der Waals surface area contributed by atoms with Crippen LogP contribution in [0.1, 0.15) is 6.42 Å². The van der Waals surface area contributed by atoms with Crippen LogP contribution in [0.2, 0.25) is 0 Å². The molecular formula is C23H42N4O9. The molecule has 0 unspecified atom stereocenters. The van der Waals surface area contributed by atoms with E-state index in [1.54, 1.807) is 0 Å². The lowest BCUT2D eigenvalue weighted by atomic mass is 10.3. The predicted molar refractivity (Wildman–Crippen MR) is 131 cm³/mol. The molecule has 36 heavy (non-hydrogen) atoms. The van der Waals surface area contributed by atoms with Gasteiger partial charge in [-0.2, -0.15) is 0 Å². The largest absolute Gasteiger partial charge is 0.378 e. The molecule has 0 saturated carbocycles. The average molecular weight is 519 g/mol. The van der Waals surface area contributed by atoms with Crippen LogP contribution in [0.4, 0.5) is 0 Å². The monoisotopic (exact) mass is 518 g/mol. The van der Waals surface area contributed by atoms with E-state index in [0.717, 1.165) is 0 Å². The number of hydrogen-bond acceptors (Lipinski definition) is 11. The van der Waals surface area contributed by atoms with Gasteiger partial charge in [0.05, 0.1) is 92.5 Å². The number of hydrogen-bond donors (Lipinski definition) is 3. The van der Waals surface area contributed by atoms with Crippen molar-refractivity contribution in [2.24, 2.45) is 5.73 Å². The van der Waals surface area contributed by atoms with Crippen molar-refractivity contribution in [2.45, 2.75) is 6.42 Å². The Balaban J connectivity index is 1.70. The van der Waals surface area contributed by atoms with E-state index in [-0.39, 0.29) is 30.6 Å². The number of nitrogens with two attached hydrogens (primary N) is 1. The summed E-state index contributed by atoms with van der Waals surface area (Å²) in [7, 11) is 0. The lowest BCUT2D eigenvalue weighted by molar-refractivity contribution is -0.123. The van der Waals surface area contributed by atoms with Gasteiger partial charge < -0.3 is 44.2 Å². The molecule has 4 N–H and O–H groups in total. The summed E-state index contributed by atoms with van der Waals surface area (Å²) in [5, 5.41) is 10.3. The molecule has 0 aromatic rings. The highest BCUT2D eigenvalue weighted by Crippen LogP contribution is 2.04. The van der Waals surface area contributed by atoms with Crippen molar-refractivity contribution in [2.75, 3.05) is 112 Å². The lowest BCUT2D eigenvalue weighted by Gasteiger charge is -2.15. The molecule has 0 atom stereocenters. The Kier molecular flexibility index (Phi) is 20.9. The maximum atomic E-state index is 11.8. The Hall–Kier alpha value is -1.97. The summed E-state index contributed by atoms with van der Waals surface area (Å²) in [6.07, 6.45) is 2.87. The molecule has 1 heterocycles. The van der Waals surface area contributed by atoms with Gasteiger partial charge in [0, 0.05) is 32.1 Å². The molecule has 1 aliphatic heterocycles. The molecular weight excluding hydrogens is 476 g/mol. The minimum Gasteiger partial charge on any atom is -0.378 e. The first-order chi connectivity index (χ1) is 17.6. The molecule has 13 heteroatoms. The van der Waals surface area contributed by atoms with Gasteiger partial charge in [-0.25, -0.2) is 0 Å². The number of nitrogens with one attached hydrogen (secondary N) is 2. The van der Waals surface area contributed by atoms with E-state index in [0.29, 0.717) is 106 Å². The van der Waals surface area contributed by atoms with Crippen LogP contribution in [-0.2, 0) is 42.7 Å². The van der Waals surface area contributed by atoms with Crippen LogP contribution in [-0.4, -0.2) is 135 Å². The van der Waals surface area contributed by atoms with Gasteiger partial charge in [-0.05, 0) is 6.08 Å².